The fraction of sp³-hybridized carbons (Fsp3) is 0.364. The van der Waals surface area contributed by atoms with E-state index in [-0.39, 0.29) is 28.0 Å². The monoisotopic (exact) mass is 388 g/mol. The highest BCUT2D eigenvalue weighted by Crippen LogP contribution is 2.32. The molecule has 19 heavy (non-hydrogen) atoms. The van der Waals surface area contributed by atoms with Crippen LogP contribution in [0.1, 0.15) is 24.2 Å². The molecule has 0 heterocycles. The number of carbonyl (C=O) groups is 1. The summed E-state index contributed by atoms with van der Waals surface area (Å²) in [4.78, 5) is 11.5. The summed E-state index contributed by atoms with van der Waals surface area (Å²) in [5, 5.41) is -0.244. The molecule has 0 aliphatic heterocycles. The topological polar surface area (TPSA) is 60.4 Å². The second-order valence-corrected chi connectivity index (χ2v) is 8.02. The molecule has 8 heteroatoms. The molecule has 0 N–H and O–H groups in total. The Kier molecular flexibility index (Phi) is 5.67. The lowest BCUT2D eigenvalue weighted by molar-refractivity contribution is 0.0459. The minimum atomic E-state index is -4.04. The van der Waals surface area contributed by atoms with E-state index in [9.17, 15) is 13.2 Å². The molecule has 0 bridgehead atoms. The molecule has 0 aromatic heterocycles. The van der Waals surface area contributed by atoms with Gasteiger partial charge in [0.05, 0.1) is 17.2 Å². The molecule has 0 spiro atoms. The molecule has 0 saturated carbocycles. The van der Waals surface area contributed by atoms with Crippen molar-refractivity contribution >= 4 is 53.2 Å². The average molecular weight is 390 g/mol. The third-order valence-electron chi connectivity index (χ3n) is 2.03. The smallest absolute Gasteiger partial charge is 0.339 e. The quantitative estimate of drug-likeness (QED) is 0.579. The SMILES string of the molecule is CC(C)COC(=O)c1cc(Br)cc(S(=O)(=O)Cl)c1Cl. The van der Waals surface area contributed by atoms with Crippen LogP contribution in [0.15, 0.2) is 21.5 Å². The first-order chi connectivity index (χ1) is 8.62. The molecule has 0 amide bonds. The van der Waals surface area contributed by atoms with E-state index in [4.69, 9.17) is 27.0 Å². The van der Waals surface area contributed by atoms with Crippen LogP contribution in [-0.2, 0) is 13.8 Å². The zero-order valence-corrected chi connectivity index (χ0v) is 14.0. The molecule has 0 unspecified atom stereocenters. The fourth-order valence-electron chi connectivity index (χ4n) is 1.21. The predicted molar refractivity (Wildman–Crippen MR) is 77.3 cm³/mol. The number of hydrogen-bond donors (Lipinski definition) is 0. The van der Waals surface area contributed by atoms with Crippen LogP contribution < -0.4 is 0 Å². The van der Waals surface area contributed by atoms with Gasteiger partial charge in [-0.3, -0.25) is 0 Å². The van der Waals surface area contributed by atoms with E-state index in [0.717, 1.165) is 0 Å². The minimum absolute atomic E-state index is 0.0454. The van der Waals surface area contributed by atoms with Crippen molar-refractivity contribution in [1.29, 1.82) is 0 Å². The van der Waals surface area contributed by atoms with Gasteiger partial charge in [-0.05, 0) is 18.1 Å². The molecule has 0 aliphatic carbocycles. The Balaban J connectivity index is 3.22. The molecule has 0 fully saturated rings. The zero-order valence-electron chi connectivity index (χ0n) is 10.1. The molecule has 1 rings (SSSR count). The summed E-state index contributed by atoms with van der Waals surface area (Å²) in [6.07, 6.45) is 0. The third kappa shape index (κ3) is 4.63. The summed E-state index contributed by atoms with van der Waals surface area (Å²) in [6.45, 7) is 3.97. The van der Waals surface area contributed by atoms with Crippen molar-refractivity contribution in [2.45, 2.75) is 18.7 Å². The molecule has 106 valence electrons. The minimum Gasteiger partial charge on any atom is -0.462 e. The first-order valence-electron chi connectivity index (χ1n) is 5.23. The van der Waals surface area contributed by atoms with Gasteiger partial charge in [0, 0.05) is 15.2 Å². The number of carbonyl (C=O) groups excluding carboxylic acids is 1. The molecular weight excluding hydrogens is 379 g/mol. The number of hydrogen-bond acceptors (Lipinski definition) is 4. The normalized spacial score (nSPS) is 11.7. The first-order valence-corrected chi connectivity index (χ1v) is 8.71. The van der Waals surface area contributed by atoms with Crippen molar-refractivity contribution in [3.63, 3.8) is 0 Å². The van der Waals surface area contributed by atoms with Crippen LogP contribution in [0.2, 0.25) is 5.02 Å². The van der Waals surface area contributed by atoms with Crippen LogP contribution in [0, 0.1) is 5.92 Å². The van der Waals surface area contributed by atoms with Gasteiger partial charge in [0.2, 0.25) is 0 Å². The fourth-order valence-corrected chi connectivity index (χ4v) is 3.39. The van der Waals surface area contributed by atoms with Crippen LogP contribution in [0.3, 0.4) is 0 Å². The number of ether oxygens (including phenoxy) is 1. The van der Waals surface area contributed by atoms with E-state index >= 15 is 0 Å². The van der Waals surface area contributed by atoms with Gasteiger partial charge in [0.15, 0.2) is 0 Å². The van der Waals surface area contributed by atoms with Gasteiger partial charge in [0.25, 0.3) is 9.05 Å². The van der Waals surface area contributed by atoms with Crippen molar-refractivity contribution in [1.82, 2.24) is 0 Å². The Labute approximate surface area is 129 Å². The Hall–Kier alpha value is -0.300. The number of rotatable bonds is 4. The first kappa shape index (κ1) is 16.8. The van der Waals surface area contributed by atoms with Crippen LogP contribution in [0.4, 0.5) is 0 Å². The van der Waals surface area contributed by atoms with Gasteiger partial charge in [-0.2, -0.15) is 0 Å². The van der Waals surface area contributed by atoms with E-state index in [0.29, 0.717) is 4.47 Å². The zero-order chi connectivity index (χ0) is 14.8. The van der Waals surface area contributed by atoms with Gasteiger partial charge in [-0.25, -0.2) is 13.2 Å². The van der Waals surface area contributed by atoms with Crippen molar-refractivity contribution < 1.29 is 17.9 Å². The van der Waals surface area contributed by atoms with Crippen molar-refractivity contribution in [3.8, 4) is 0 Å². The third-order valence-corrected chi connectivity index (χ3v) is 4.36. The highest BCUT2D eigenvalue weighted by molar-refractivity contribution is 9.10. The van der Waals surface area contributed by atoms with E-state index < -0.39 is 15.0 Å². The summed E-state index contributed by atoms with van der Waals surface area (Å²) in [5.74, 6) is -0.535. The Morgan fingerprint density at radius 2 is 2.00 bits per heavy atom. The van der Waals surface area contributed by atoms with Crippen LogP contribution in [-0.4, -0.2) is 21.0 Å². The molecule has 0 saturated heterocycles. The van der Waals surface area contributed by atoms with Crippen molar-refractivity contribution in [2.75, 3.05) is 6.61 Å². The second kappa shape index (κ2) is 6.43. The lowest BCUT2D eigenvalue weighted by Gasteiger charge is -2.10. The van der Waals surface area contributed by atoms with Gasteiger partial charge in [-0.1, -0.05) is 41.4 Å². The van der Waals surface area contributed by atoms with E-state index in [1.807, 2.05) is 13.8 Å². The van der Waals surface area contributed by atoms with Crippen molar-refractivity contribution in [2.24, 2.45) is 5.92 Å². The lowest BCUT2D eigenvalue weighted by atomic mass is 10.2. The molecular formula is C11H11BrCl2O4S. The largest absolute Gasteiger partial charge is 0.462 e. The molecule has 0 aliphatic rings. The summed E-state index contributed by atoms with van der Waals surface area (Å²) in [6, 6.07) is 2.61. The number of benzene rings is 1. The number of halogens is 3. The Morgan fingerprint density at radius 3 is 2.47 bits per heavy atom. The van der Waals surface area contributed by atoms with E-state index in [2.05, 4.69) is 15.9 Å². The second-order valence-electron chi connectivity index (χ2n) is 4.20. The Morgan fingerprint density at radius 1 is 1.42 bits per heavy atom. The summed E-state index contributed by atoms with van der Waals surface area (Å²) in [5.41, 5.74) is -0.0454. The van der Waals surface area contributed by atoms with Crippen LogP contribution in [0.5, 0.6) is 0 Å². The predicted octanol–water partition coefficient (Wildman–Crippen LogP) is 3.84. The number of esters is 1. The highest BCUT2D eigenvalue weighted by Gasteiger charge is 2.23. The maximum Gasteiger partial charge on any atom is 0.339 e. The van der Waals surface area contributed by atoms with E-state index in [1.54, 1.807) is 0 Å². The van der Waals surface area contributed by atoms with E-state index in [1.165, 1.54) is 12.1 Å². The molecule has 4 nitrogen and oxygen atoms in total. The van der Waals surface area contributed by atoms with Gasteiger partial charge in [0.1, 0.15) is 4.90 Å². The maximum atomic E-state index is 11.8. The van der Waals surface area contributed by atoms with Gasteiger partial charge < -0.3 is 4.74 Å². The standard InChI is InChI=1S/C11H11BrCl2O4S/c1-6(2)5-18-11(15)8-3-7(12)4-9(10(8)13)19(14,16)17/h3-4,6H,5H2,1-2H3. The molecule has 1 aromatic carbocycles. The average Bonchev–Trinajstić information content (AvgIpc) is 2.27. The summed E-state index contributed by atoms with van der Waals surface area (Å²) >= 11 is 8.99. The maximum absolute atomic E-state index is 11.8. The highest BCUT2D eigenvalue weighted by atomic mass is 79.9. The molecule has 1 aromatic rings. The van der Waals surface area contributed by atoms with Gasteiger partial charge >= 0.3 is 5.97 Å². The van der Waals surface area contributed by atoms with Crippen molar-refractivity contribution in [3.05, 3.63) is 27.2 Å². The molecule has 0 radical (unpaired) electrons. The van der Waals surface area contributed by atoms with Crippen LogP contribution in [0.25, 0.3) is 0 Å². The van der Waals surface area contributed by atoms with Crippen LogP contribution >= 0.6 is 38.2 Å². The summed E-state index contributed by atoms with van der Waals surface area (Å²) < 4.78 is 28.1. The van der Waals surface area contributed by atoms with Gasteiger partial charge in [-0.15, -0.1) is 0 Å². The Bertz CT molecular complexity index is 599. The molecule has 0 atom stereocenters. The lowest BCUT2D eigenvalue weighted by Crippen LogP contribution is -2.11. The summed E-state index contributed by atoms with van der Waals surface area (Å²) in [7, 11) is 1.21.